The van der Waals surface area contributed by atoms with Crippen molar-refractivity contribution in [1.82, 2.24) is 25.0 Å². The van der Waals surface area contributed by atoms with Gasteiger partial charge in [-0.25, -0.2) is 18.7 Å². The molecule has 0 spiro atoms. The molecule has 0 aliphatic carbocycles. The van der Waals surface area contributed by atoms with E-state index in [9.17, 15) is 13.6 Å². The fraction of sp³-hybridized carbons (Fsp3) is 0.632. The minimum Gasteiger partial charge on any atom is -0.339 e. The van der Waals surface area contributed by atoms with Gasteiger partial charge in [0.2, 0.25) is 11.8 Å². The topological polar surface area (TPSA) is 118 Å². The Morgan fingerprint density at radius 2 is 1.90 bits per heavy atom. The van der Waals surface area contributed by atoms with Crippen LogP contribution in [0.2, 0.25) is 0 Å². The molecule has 2 aliphatic rings. The van der Waals surface area contributed by atoms with Crippen molar-refractivity contribution >= 4 is 17.9 Å². The van der Waals surface area contributed by atoms with Crippen LogP contribution in [0.15, 0.2) is 16.9 Å². The fourth-order valence-corrected chi connectivity index (χ4v) is 4.11. The monoisotopic (exact) mass is 436 g/mol. The van der Waals surface area contributed by atoms with E-state index in [0.717, 1.165) is 13.0 Å². The number of anilines is 2. The molecule has 10 nitrogen and oxygen atoms in total. The highest BCUT2D eigenvalue weighted by molar-refractivity contribution is 5.94. The lowest BCUT2D eigenvalue weighted by Crippen LogP contribution is -2.47. The molecule has 1 unspecified atom stereocenters. The number of amides is 1. The van der Waals surface area contributed by atoms with Crippen molar-refractivity contribution in [2.45, 2.75) is 44.7 Å². The fourth-order valence-electron chi connectivity index (χ4n) is 4.11. The first-order valence-corrected chi connectivity index (χ1v) is 10.5. The normalized spacial score (nSPS) is 20.0. The maximum absolute atomic E-state index is 13.1. The molecule has 0 bridgehead atoms. The van der Waals surface area contributed by atoms with Crippen molar-refractivity contribution in [3.63, 3.8) is 0 Å². The quantitative estimate of drug-likeness (QED) is 0.718. The van der Waals surface area contributed by atoms with E-state index in [2.05, 4.69) is 20.1 Å². The van der Waals surface area contributed by atoms with Crippen LogP contribution in [0.3, 0.4) is 0 Å². The standard InChI is InChI=1S/C19H26F2N8O2/c1-2-29(14-4-7-27(8-5-14)19-25-16(15(20)21)26-31-19)17(30)12-9-23-18(24-10-12)28-6-3-13(22)11-28/h9-10,13-15H,2-8,11,22H2,1H3. The van der Waals surface area contributed by atoms with E-state index in [1.807, 2.05) is 11.8 Å². The molecular formula is C19H26F2N8O2. The van der Waals surface area contributed by atoms with Crippen molar-refractivity contribution in [3.8, 4) is 0 Å². The van der Waals surface area contributed by atoms with Gasteiger partial charge in [0.25, 0.3) is 5.91 Å². The Bertz CT molecular complexity index is 885. The van der Waals surface area contributed by atoms with Gasteiger partial charge >= 0.3 is 12.4 Å². The predicted octanol–water partition coefficient (Wildman–Crippen LogP) is 1.47. The van der Waals surface area contributed by atoms with Crippen molar-refractivity contribution in [1.29, 1.82) is 0 Å². The van der Waals surface area contributed by atoms with Gasteiger partial charge in [-0.2, -0.15) is 4.98 Å². The second-order valence-electron chi connectivity index (χ2n) is 7.81. The lowest BCUT2D eigenvalue weighted by Gasteiger charge is -2.37. The number of aromatic nitrogens is 4. The van der Waals surface area contributed by atoms with Crippen LogP contribution in [-0.2, 0) is 0 Å². The van der Waals surface area contributed by atoms with Gasteiger partial charge in [-0.1, -0.05) is 5.16 Å². The molecule has 2 aromatic heterocycles. The zero-order chi connectivity index (χ0) is 22.0. The number of nitrogens with two attached hydrogens (primary N) is 1. The Hall–Kier alpha value is -2.89. The second kappa shape index (κ2) is 9.08. The summed E-state index contributed by atoms with van der Waals surface area (Å²) in [5.41, 5.74) is 6.37. The Kier molecular flexibility index (Phi) is 6.25. The van der Waals surface area contributed by atoms with Crippen LogP contribution < -0.4 is 15.5 Å². The van der Waals surface area contributed by atoms with Crippen molar-refractivity contribution in [2.24, 2.45) is 5.73 Å². The van der Waals surface area contributed by atoms with Crippen molar-refractivity contribution in [2.75, 3.05) is 42.5 Å². The molecule has 2 aliphatic heterocycles. The third-order valence-corrected chi connectivity index (χ3v) is 5.80. The summed E-state index contributed by atoms with van der Waals surface area (Å²) in [7, 11) is 0. The number of carbonyl (C=O) groups excluding carboxylic acids is 1. The number of hydrogen-bond donors (Lipinski definition) is 1. The molecule has 4 rings (SSSR count). The summed E-state index contributed by atoms with van der Waals surface area (Å²) in [4.78, 5) is 31.1. The summed E-state index contributed by atoms with van der Waals surface area (Å²) in [5.74, 6) is -0.145. The van der Waals surface area contributed by atoms with Crippen LogP contribution in [0.4, 0.5) is 20.7 Å². The third kappa shape index (κ3) is 4.58. The van der Waals surface area contributed by atoms with E-state index in [0.29, 0.717) is 50.5 Å². The molecule has 0 radical (unpaired) electrons. The van der Waals surface area contributed by atoms with E-state index < -0.39 is 12.2 Å². The first kappa shape index (κ1) is 21.3. The van der Waals surface area contributed by atoms with E-state index in [-0.39, 0.29) is 24.0 Å². The number of piperidine rings is 1. The first-order chi connectivity index (χ1) is 15.0. The molecule has 2 saturated heterocycles. The third-order valence-electron chi connectivity index (χ3n) is 5.80. The molecule has 1 atom stereocenters. The average Bonchev–Trinajstić information content (AvgIpc) is 3.44. The van der Waals surface area contributed by atoms with Gasteiger partial charge in [0.15, 0.2) is 0 Å². The zero-order valence-corrected chi connectivity index (χ0v) is 17.3. The van der Waals surface area contributed by atoms with Crippen LogP contribution in [0.25, 0.3) is 0 Å². The molecule has 31 heavy (non-hydrogen) atoms. The Balaban J connectivity index is 1.36. The van der Waals surface area contributed by atoms with E-state index >= 15 is 0 Å². The summed E-state index contributed by atoms with van der Waals surface area (Å²) in [6.07, 6.45) is 2.60. The molecule has 2 fully saturated rings. The number of nitrogens with zero attached hydrogens (tertiary/aromatic N) is 7. The van der Waals surface area contributed by atoms with E-state index in [1.165, 1.54) is 0 Å². The van der Waals surface area contributed by atoms with Crippen LogP contribution in [0.1, 0.15) is 48.8 Å². The van der Waals surface area contributed by atoms with E-state index in [1.54, 1.807) is 22.2 Å². The summed E-state index contributed by atoms with van der Waals surface area (Å²) in [6.45, 7) is 5.06. The average molecular weight is 436 g/mol. The highest BCUT2D eigenvalue weighted by Crippen LogP contribution is 2.25. The number of halogens is 2. The molecule has 0 saturated carbocycles. The summed E-state index contributed by atoms with van der Waals surface area (Å²) in [6, 6.07) is 0.233. The highest BCUT2D eigenvalue weighted by atomic mass is 19.3. The lowest BCUT2D eigenvalue weighted by molar-refractivity contribution is 0.0661. The van der Waals surface area contributed by atoms with Gasteiger partial charge in [-0.3, -0.25) is 4.79 Å². The van der Waals surface area contributed by atoms with Crippen molar-refractivity contribution < 1.29 is 18.1 Å². The molecular weight excluding hydrogens is 410 g/mol. The number of alkyl halides is 2. The highest BCUT2D eigenvalue weighted by Gasteiger charge is 2.30. The minimum atomic E-state index is -2.76. The Labute approximate surface area is 178 Å². The van der Waals surface area contributed by atoms with Crippen molar-refractivity contribution in [3.05, 3.63) is 23.8 Å². The lowest BCUT2D eigenvalue weighted by atomic mass is 10.0. The molecule has 2 aromatic rings. The summed E-state index contributed by atoms with van der Waals surface area (Å²) < 4.78 is 30.3. The molecule has 4 heterocycles. The van der Waals surface area contributed by atoms with Gasteiger partial charge in [0.05, 0.1) is 5.56 Å². The van der Waals surface area contributed by atoms with Gasteiger partial charge in [-0.05, 0) is 26.2 Å². The van der Waals surface area contributed by atoms with Crippen LogP contribution in [0.5, 0.6) is 0 Å². The number of hydrogen-bond acceptors (Lipinski definition) is 9. The SMILES string of the molecule is CCN(C(=O)c1cnc(N2CCC(N)C2)nc1)C1CCN(c2nc(C(F)F)no2)CC1. The maximum Gasteiger partial charge on any atom is 0.324 e. The Morgan fingerprint density at radius 3 is 2.45 bits per heavy atom. The van der Waals surface area contributed by atoms with Crippen LogP contribution in [-0.4, -0.2) is 75.7 Å². The Morgan fingerprint density at radius 1 is 1.23 bits per heavy atom. The van der Waals surface area contributed by atoms with Crippen LogP contribution >= 0.6 is 0 Å². The largest absolute Gasteiger partial charge is 0.339 e. The van der Waals surface area contributed by atoms with Crippen LogP contribution in [0, 0.1) is 0 Å². The summed E-state index contributed by atoms with van der Waals surface area (Å²) in [5, 5.41) is 3.30. The molecule has 0 aromatic carbocycles. The molecule has 1 amide bonds. The summed E-state index contributed by atoms with van der Waals surface area (Å²) >= 11 is 0. The number of rotatable bonds is 6. The molecule has 12 heteroatoms. The second-order valence-corrected chi connectivity index (χ2v) is 7.81. The van der Waals surface area contributed by atoms with Gasteiger partial charge in [0, 0.05) is 57.2 Å². The minimum absolute atomic E-state index is 0.0162. The van der Waals surface area contributed by atoms with E-state index in [4.69, 9.17) is 10.3 Å². The van der Waals surface area contributed by atoms with Gasteiger partial charge < -0.3 is 25.0 Å². The molecule has 2 N–H and O–H groups in total. The van der Waals surface area contributed by atoms with Gasteiger partial charge in [0.1, 0.15) is 0 Å². The van der Waals surface area contributed by atoms with Gasteiger partial charge in [-0.15, -0.1) is 0 Å². The predicted molar refractivity (Wildman–Crippen MR) is 108 cm³/mol. The molecule has 168 valence electrons. The maximum atomic E-state index is 13.1. The smallest absolute Gasteiger partial charge is 0.324 e. The number of carbonyl (C=O) groups is 1. The zero-order valence-electron chi connectivity index (χ0n) is 17.3. The first-order valence-electron chi connectivity index (χ1n) is 10.5.